The van der Waals surface area contributed by atoms with Crippen LogP contribution < -0.4 is 10.6 Å². The van der Waals surface area contributed by atoms with Crippen LogP contribution in [0.25, 0.3) is 0 Å². The number of guanidine groups is 1. The SMILES string of the molecule is O=C(CN1CC(CF)C2CC(Br)CCC2C1=O)NC1=NCC(F)=CN1. The third kappa shape index (κ3) is 4.19. The van der Waals surface area contributed by atoms with Gasteiger partial charge in [0.25, 0.3) is 0 Å². The van der Waals surface area contributed by atoms with E-state index in [-0.39, 0.29) is 49.3 Å². The minimum absolute atomic E-state index is 0.0347. The number of hydrogen-bond donors (Lipinski definition) is 2. The number of likely N-dealkylation sites (tertiary alicyclic amines) is 1. The van der Waals surface area contributed by atoms with Gasteiger partial charge in [-0.3, -0.25) is 19.3 Å². The normalized spacial score (nSPS) is 32.3. The van der Waals surface area contributed by atoms with Crippen LogP contribution in [0.3, 0.4) is 0 Å². The zero-order valence-electron chi connectivity index (χ0n) is 13.7. The van der Waals surface area contributed by atoms with Crippen LogP contribution in [0, 0.1) is 17.8 Å². The highest BCUT2D eigenvalue weighted by molar-refractivity contribution is 9.09. The van der Waals surface area contributed by atoms with Crippen LogP contribution >= 0.6 is 15.9 Å². The number of alkyl halides is 2. The molecule has 4 atom stereocenters. The quantitative estimate of drug-likeness (QED) is 0.681. The van der Waals surface area contributed by atoms with Crippen LogP contribution in [0.4, 0.5) is 8.78 Å². The van der Waals surface area contributed by atoms with Gasteiger partial charge in [-0.25, -0.2) is 9.38 Å². The number of hydrogen-bond acceptors (Lipinski definition) is 4. The topological polar surface area (TPSA) is 73.8 Å². The molecule has 2 amide bonds. The fourth-order valence-corrected chi connectivity index (χ4v) is 4.54. The van der Waals surface area contributed by atoms with Gasteiger partial charge in [-0.2, -0.15) is 0 Å². The van der Waals surface area contributed by atoms with E-state index in [4.69, 9.17) is 0 Å². The van der Waals surface area contributed by atoms with Gasteiger partial charge < -0.3 is 10.2 Å². The van der Waals surface area contributed by atoms with Crippen molar-refractivity contribution in [3.63, 3.8) is 0 Å². The maximum absolute atomic E-state index is 13.5. The van der Waals surface area contributed by atoms with E-state index in [1.54, 1.807) is 0 Å². The van der Waals surface area contributed by atoms with Crippen LogP contribution in [0.2, 0.25) is 0 Å². The molecule has 4 unspecified atom stereocenters. The Bertz CT molecular complexity index is 613. The van der Waals surface area contributed by atoms with Crippen molar-refractivity contribution in [2.75, 3.05) is 26.3 Å². The van der Waals surface area contributed by atoms with Gasteiger partial charge in [0, 0.05) is 29.4 Å². The summed E-state index contributed by atoms with van der Waals surface area (Å²) in [5, 5.41) is 5.04. The van der Waals surface area contributed by atoms with Crippen LogP contribution in [0.5, 0.6) is 0 Å². The molecule has 2 heterocycles. The highest BCUT2D eigenvalue weighted by Gasteiger charge is 2.45. The Morgan fingerprint density at radius 3 is 2.96 bits per heavy atom. The summed E-state index contributed by atoms with van der Waals surface area (Å²) in [7, 11) is 0. The first-order valence-electron chi connectivity index (χ1n) is 8.42. The lowest BCUT2D eigenvalue weighted by molar-refractivity contribution is -0.149. The zero-order valence-corrected chi connectivity index (χ0v) is 15.3. The zero-order chi connectivity index (χ0) is 18.0. The lowest BCUT2D eigenvalue weighted by Crippen LogP contribution is -2.56. The average Bonchev–Trinajstić information content (AvgIpc) is 2.59. The molecular formula is C16H21BrF2N4O2. The second-order valence-electron chi connectivity index (χ2n) is 6.76. The predicted molar refractivity (Wildman–Crippen MR) is 92.4 cm³/mol. The van der Waals surface area contributed by atoms with Crippen molar-refractivity contribution in [3.8, 4) is 0 Å². The summed E-state index contributed by atoms with van der Waals surface area (Å²) < 4.78 is 26.4. The third-order valence-corrected chi connectivity index (χ3v) is 5.90. The van der Waals surface area contributed by atoms with E-state index < -0.39 is 18.4 Å². The molecule has 9 heteroatoms. The van der Waals surface area contributed by atoms with Crippen molar-refractivity contribution in [1.29, 1.82) is 0 Å². The molecule has 6 nitrogen and oxygen atoms in total. The highest BCUT2D eigenvalue weighted by Crippen LogP contribution is 2.42. The van der Waals surface area contributed by atoms with Gasteiger partial charge in [0.2, 0.25) is 17.8 Å². The molecule has 2 fully saturated rings. The van der Waals surface area contributed by atoms with Gasteiger partial charge in [0.05, 0.1) is 19.8 Å². The summed E-state index contributed by atoms with van der Waals surface area (Å²) in [6.45, 7) is -0.529. The minimum atomic E-state index is -0.495. The van der Waals surface area contributed by atoms with Crippen molar-refractivity contribution < 1.29 is 18.4 Å². The molecule has 1 aliphatic carbocycles. The van der Waals surface area contributed by atoms with E-state index in [0.717, 1.165) is 19.0 Å². The number of halogens is 3. The maximum atomic E-state index is 13.5. The molecule has 2 N–H and O–H groups in total. The minimum Gasteiger partial charge on any atom is -0.333 e. The number of nitrogens with one attached hydrogen (secondary N) is 2. The first kappa shape index (κ1) is 18.3. The van der Waals surface area contributed by atoms with Crippen LogP contribution in [-0.4, -0.2) is 53.8 Å². The molecule has 0 aromatic carbocycles. The summed E-state index contributed by atoms with van der Waals surface area (Å²) in [6.07, 6.45) is 3.51. The Hall–Kier alpha value is -1.51. The van der Waals surface area contributed by atoms with E-state index in [2.05, 4.69) is 31.6 Å². The molecule has 1 saturated carbocycles. The van der Waals surface area contributed by atoms with Crippen molar-refractivity contribution in [3.05, 3.63) is 12.0 Å². The maximum Gasteiger partial charge on any atom is 0.246 e. The Morgan fingerprint density at radius 1 is 1.48 bits per heavy atom. The molecule has 138 valence electrons. The van der Waals surface area contributed by atoms with Gasteiger partial charge in [-0.15, -0.1) is 0 Å². The average molecular weight is 419 g/mol. The summed E-state index contributed by atoms with van der Waals surface area (Å²) in [5.41, 5.74) is 0. The number of carbonyl (C=O) groups is 2. The number of carbonyl (C=O) groups excluding carboxylic acids is 2. The van der Waals surface area contributed by atoms with Crippen molar-refractivity contribution in [2.24, 2.45) is 22.7 Å². The Labute approximate surface area is 153 Å². The summed E-state index contributed by atoms with van der Waals surface area (Å²) in [6, 6.07) is 0. The molecule has 3 rings (SSSR count). The Kier molecular flexibility index (Phi) is 5.71. The van der Waals surface area contributed by atoms with Crippen LogP contribution in [0.15, 0.2) is 17.0 Å². The fraction of sp³-hybridized carbons (Fsp3) is 0.688. The largest absolute Gasteiger partial charge is 0.333 e. The first-order chi connectivity index (χ1) is 12.0. The third-order valence-electron chi connectivity index (χ3n) is 5.07. The monoisotopic (exact) mass is 418 g/mol. The van der Waals surface area contributed by atoms with Gasteiger partial charge >= 0.3 is 0 Å². The second-order valence-corrected chi connectivity index (χ2v) is 8.06. The van der Waals surface area contributed by atoms with Crippen molar-refractivity contribution in [2.45, 2.75) is 24.1 Å². The molecule has 0 aromatic heterocycles. The molecule has 0 aromatic rings. The number of aliphatic imine (C=N–C) groups is 1. The molecule has 0 spiro atoms. The van der Waals surface area contributed by atoms with Crippen LogP contribution in [0.1, 0.15) is 19.3 Å². The van der Waals surface area contributed by atoms with Gasteiger partial charge in [0.15, 0.2) is 0 Å². The number of fused-ring (bicyclic) bond motifs is 1. The highest BCUT2D eigenvalue weighted by atomic mass is 79.9. The number of rotatable bonds is 3. The Morgan fingerprint density at radius 2 is 2.28 bits per heavy atom. The van der Waals surface area contributed by atoms with Crippen LogP contribution in [-0.2, 0) is 9.59 Å². The van der Waals surface area contributed by atoms with Crippen molar-refractivity contribution in [1.82, 2.24) is 15.5 Å². The summed E-state index contributed by atoms with van der Waals surface area (Å²) in [4.78, 5) is 30.5. The Balaban J connectivity index is 1.60. The van der Waals surface area contributed by atoms with E-state index in [9.17, 15) is 18.4 Å². The molecule has 2 aliphatic heterocycles. The number of piperidine rings is 1. The van der Waals surface area contributed by atoms with Crippen molar-refractivity contribution >= 4 is 33.7 Å². The molecule has 0 bridgehead atoms. The predicted octanol–water partition coefficient (Wildman–Crippen LogP) is 1.48. The van der Waals surface area contributed by atoms with Gasteiger partial charge in [-0.1, -0.05) is 15.9 Å². The molecule has 0 radical (unpaired) electrons. The lowest BCUT2D eigenvalue weighted by atomic mass is 9.69. The number of amides is 2. The summed E-state index contributed by atoms with van der Waals surface area (Å²) in [5.74, 6) is -1.20. The standard InChI is InChI=1S/C16H21BrF2N4O2/c17-10-1-2-12-13(3-10)9(4-18)7-23(15(12)25)8-14(24)22-16-20-5-11(19)6-21-16/h5,9-10,12-13H,1-4,6-8H2,(H2,20,21,22,24). The van der Waals surface area contributed by atoms with E-state index in [0.29, 0.717) is 11.2 Å². The second kappa shape index (κ2) is 7.80. The molecule has 1 saturated heterocycles. The smallest absolute Gasteiger partial charge is 0.246 e. The molecular weight excluding hydrogens is 398 g/mol. The molecule has 3 aliphatic rings. The fourth-order valence-electron chi connectivity index (χ4n) is 3.84. The summed E-state index contributed by atoms with van der Waals surface area (Å²) >= 11 is 3.58. The van der Waals surface area contributed by atoms with Gasteiger partial charge in [-0.05, 0) is 25.2 Å². The van der Waals surface area contributed by atoms with E-state index in [1.807, 2.05) is 0 Å². The number of nitrogens with zero attached hydrogens (tertiary/aromatic N) is 2. The van der Waals surface area contributed by atoms with E-state index in [1.165, 1.54) is 4.90 Å². The van der Waals surface area contributed by atoms with E-state index >= 15 is 0 Å². The molecule has 25 heavy (non-hydrogen) atoms. The van der Waals surface area contributed by atoms with Gasteiger partial charge in [0.1, 0.15) is 5.83 Å². The first-order valence-corrected chi connectivity index (χ1v) is 9.33. The lowest BCUT2D eigenvalue weighted by Gasteiger charge is -2.45.